The minimum Gasteiger partial charge on any atom is -0.465 e. The molecule has 158 valence electrons. The van der Waals surface area contributed by atoms with Crippen molar-refractivity contribution in [3.8, 4) is 0 Å². The summed E-state index contributed by atoms with van der Waals surface area (Å²) in [5, 5.41) is 14.8. The molecule has 3 aromatic carbocycles. The number of anilines is 1. The van der Waals surface area contributed by atoms with E-state index in [2.05, 4.69) is 10.6 Å². The van der Waals surface area contributed by atoms with Gasteiger partial charge in [0.15, 0.2) is 0 Å². The Kier molecular flexibility index (Phi) is 6.00. The van der Waals surface area contributed by atoms with Crippen LogP contribution in [-0.2, 0) is 4.79 Å². The van der Waals surface area contributed by atoms with Crippen LogP contribution in [0.15, 0.2) is 84.9 Å². The van der Waals surface area contributed by atoms with E-state index in [-0.39, 0.29) is 6.04 Å². The van der Waals surface area contributed by atoms with Crippen molar-refractivity contribution in [2.24, 2.45) is 5.73 Å². The number of hydrogen-bond acceptors (Lipinski definition) is 3. The van der Waals surface area contributed by atoms with Crippen LogP contribution in [0.5, 0.6) is 0 Å². The molecule has 5 N–H and O–H groups in total. The summed E-state index contributed by atoms with van der Waals surface area (Å²) >= 11 is 0. The predicted molar refractivity (Wildman–Crippen MR) is 120 cm³/mol. The first-order chi connectivity index (χ1) is 15.0. The van der Waals surface area contributed by atoms with Gasteiger partial charge in [0.25, 0.3) is 0 Å². The number of hydrogen-bond donors (Lipinski definition) is 4. The summed E-state index contributed by atoms with van der Waals surface area (Å²) < 4.78 is 0. The predicted octanol–water partition coefficient (Wildman–Crippen LogP) is 3.91. The van der Waals surface area contributed by atoms with Crippen LogP contribution in [0.1, 0.15) is 34.9 Å². The fourth-order valence-corrected chi connectivity index (χ4v) is 3.96. The maximum absolute atomic E-state index is 13.3. The lowest BCUT2D eigenvalue weighted by Gasteiger charge is -2.27. The van der Waals surface area contributed by atoms with Crippen molar-refractivity contribution < 1.29 is 14.7 Å². The molecule has 0 radical (unpaired) electrons. The van der Waals surface area contributed by atoms with Gasteiger partial charge in [0.1, 0.15) is 6.04 Å². The standard InChI is InChI=1S/C25H25N3O3/c26-21-15-20(21)16-11-13-19(14-12-16)27-24(29)23(28-25(30)31)22(17-7-3-1-4-8-17)18-9-5-2-6-10-18/h1-14,20-23,28H,15,26H2,(H,27,29)(H,30,31). The molecular weight excluding hydrogens is 390 g/mol. The van der Waals surface area contributed by atoms with Crippen molar-refractivity contribution in [3.05, 3.63) is 102 Å². The highest BCUT2D eigenvalue weighted by molar-refractivity contribution is 5.97. The molecule has 0 aromatic heterocycles. The Labute approximate surface area is 181 Å². The normalized spacial score (nSPS) is 18.3. The Morgan fingerprint density at radius 3 is 1.84 bits per heavy atom. The molecule has 6 nitrogen and oxygen atoms in total. The third kappa shape index (κ3) is 4.92. The quantitative estimate of drug-likeness (QED) is 0.470. The number of amides is 2. The molecule has 3 atom stereocenters. The summed E-state index contributed by atoms with van der Waals surface area (Å²) in [7, 11) is 0. The maximum atomic E-state index is 13.3. The molecule has 0 heterocycles. The van der Waals surface area contributed by atoms with Gasteiger partial charge < -0.3 is 21.5 Å². The van der Waals surface area contributed by atoms with E-state index in [1.165, 1.54) is 0 Å². The number of carbonyl (C=O) groups is 2. The average molecular weight is 415 g/mol. The zero-order chi connectivity index (χ0) is 21.8. The van der Waals surface area contributed by atoms with Crippen LogP contribution in [0.4, 0.5) is 10.5 Å². The van der Waals surface area contributed by atoms with Gasteiger partial charge in [-0.05, 0) is 35.2 Å². The van der Waals surface area contributed by atoms with E-state index in [4.69, 9.17) is 5.73 Å². The van der Waals surface area contributed by atoms with Gasteiger partial charge in [-0.2, -0.15) is 0 Å². The Hall–Kier alpha value is -3.64. The van der Waals surface area contributed by atoms with E-state index >= 15 is 0 Å². The summed E-state index contributed by atoms with van der Waals surface area (Å²) in [6.07, 6.45) is -0.276. The molecule has 1 aliphatic carbocycles. The lowest BCUT2D eigenvalue weighted by molar-refractivity contribution is -0.118. The van der Waals surface area contributed by atoms with Gasteiger partial charge in [0.2, 0.25) is 5.91 Å². The first-order valence-corrected chi connectivity index (χ1v) is 10.3. The van der Waals surface area contributed by atoms with Crippen molar-refractivity contribution in [2.75, 3.05) is 5.32 Å². The van der Waals surface area contributed by atoms with Crippen LogP contribution in [0.3, 0.4) is 0 Å². The summed E-state index contributed by atoms with van der Waals surface area (Å²) in [5.41, 5.74) is 9.37. The SMILES string of the molecule is NC1CC1c1ccc(NC(=O)C(NC(=O)O)C(c2ccccc2)c2ccccc2)cc1. The minimum absolute atomic E-state index is 0.210. The maximum Gasteiger partial charge on any atom is 0.405 e. The Bertz CT molecular complexity index is 999. The van der Waals surface area contributed by atoms with Gasteiger partial charge in [-0.25, -0.2) is 4.79 Å². The van der Waals surface area contributed by atoms with Crippen LogP contribution in [-0.4, -0.2) is 29.2 Å². The van der Waals surface area contributed by atoms with Gasteiger partial charge in [-0.1, -0.05) is 72.8 Å². The van der Waals surface area contributed by atoms with Crippen molar-refractivity contribution in [3.63, 3.8) is 0 Å². The molecule has 0 bridgehead atoms. The van der Waals surface area contributed by atoms with E-state index in [1.54, 1.807) is 0 Å². The molecule has 0 spiro atoms. The largest absolute Gasteiger partial charge is 0.465 e. The highest BCUT2D eigenvalue weighted by atomic mass is 16.4. The molecule has 2 amide bonds. The Morgan fingerprint density at radius 2 is 1.39 bits per heavy atom. The number of rotatable bonds is 7. The van der Waals surface area contributed by atoms with Gasteiger partial charge in [-0.15, -0.1) is 0 Å². The third-order valence-corrected chi connectivity index (χ3v) is 5.66. The fraction of sp³-hybridized carbons (Fsp3) is 0.200. The Morgan fingerprint density at radius 1 is 0.871 bits per heavy atom. The third-order valence-electron chi connectivity index (χ3n) is 5.66. The molecule has 31 heavy (non-hydrogen) atoms. The second-order valence-electron chi connectivity index (χ2n) is 7.84. The number of benzene rings is 3. The molecule has 1 fully saturated rings. The fourth-order valence-electron chi connectivity index (χ4n) is 3.96. The summed E-state index contributed by atoms with van der Waals surface area (Å²) in [6, 6.07) is 25.6. The molecule has 1 saturated carbocycles. The van der Waals surface area contributed by atoms with Crippen molar-refractivity contribution >= 4 is 17.7 Å². The molecule has 6 heteroatoms. The van der Waals surface area contributed by atoms with E-state index < -0.39 is 24.0 Å². The molecule has 3 unspecified atom stereocenters. The number of carboxylic acid groups (broad SMARTS) is 1. The van der Waals surface area contributed by atoms with E-state index in [0.717, 1.165) is 23.1 Å². The smallest absolute Gasteiger partial charge is 0.405 e. The highest BCUT2D eigenvalue weighted by Crippen LogP contribution is 2.39. The van der Waals surface area contributed by atoms with Gasteiger partial charge in [-0.3, -0.25) is 4.79 Å². The molecule has 0 aliphatic heterocycles. The Balaban J connectivity index is 1.62. The number of carbonyl (C=O) groups excluding carboxylic acids is 1. The second-order valence-corrected chi connectivity index (χ2v) is 7.84. The second kappa shape index (κ2) is 9.02. The van der Waals surface area contributed by atoms with Crippen molar-refractivity contribution in [1.29, 1.82) is 0 Å². The van der Waals surface area contributed by atoms with Gasteiger partial charge in [0, 0.05) is 23.6 Å². The van der Waals surface area contributed by atoms with E-state index in [9.17, 15) is 14.7 Å². The van der Waals surface area contributed by atoms with Crippen LogP contribution >= 0.6 is 0 Å². The van der Waals surface area contributed by atoms with Gasteiger partial charge in [0.05, 0.1) is 0 Å². The van der Waals surface area contributed by atoms with Crippen LogP contribution < -0.4 is 16.4 Å². The van der Waals surface area contributed by atoms with E-state index in [0.29, 0.717) is 11.6 Å². The number of nitrogens with two attached hydrogens (primary N) is 1. The summed E-state index contributed by atoms with van der Waals surface area (Å²) in [6.45, 7) is 0. The zero-order valence-corrected chi connectivity index (χ0v) is 16.9. The van der Waals surface area contributed by atoms with Gasteiger partial charge >= 0.3 is 6.09 Å². The van der Waals surface area contributed by atoms with Crippen molar-refractivity contribution in [1.82, 2.24) is 5.32 Å². The monoisotopic (exact) mass is 415 g/mol. The summed E-state index contributed by atoms with van der Waals surface area (Å²) in [5.74, 6) is -0.523. The van der Waals surface area contributed by atoms with E-state index in [1.807, 2.05) is 84.9 Å². The lowest BCUT2D eigenvalue weighted by Crippen LogP contribution is -2.47. The number of nitrogens with one attached hydrogen (secondary N) is 2. The molecule has 4 rings (SSSR count). The minimum atomic E-state index is -1.25. The average Bonchev–Trinajstić information content (AvgIpc) is 3.51. The summed E-state index contributed by atoms with van der Waals surface area (Å²) in [4.78, 5) is 24.9. The molecule has 0 saturated heterocycles. The first-order valence-electron chi connectivity index (χ1n) is 10.3. The van der Waals surface area contributed by atoms with Crippen LogP contribution in [0, 0.1) is 0 Å². The first kappa shape index (κ1) is 20.6. The van der Waals surface area contributed by atoms with Crippen LogP contribution in [0.2, 0.25) is 0 Å². The van der Waals surface area contributed by atoms with Crippen LogP contribution in [0.25, 0.3) is 0 Å². The molecule has 1 aliphatic rings. The molecule has 3 aromatic rings. The topological polar surface area (TPSA) is 104 Å². The van der Waals surface area contributed by atoms with Crippen molar-refractivity contribution in [2.45, 2.75) is 30.3 Å². The lowest BCUT2D eigenvalue weighted by atomic mass is 9.84. The molecular formula is C25H25N3O3. The zero-order valence-electron chi connectivity index (χ0n) is 16.9. The highest BCUT2D eigenvalue weighted by Gasteiger charge is 2.35.